The van der Waals surface area contributed by atoms with Gasteiger partial charge in [0.25, 0.3) is 0 Å². The maximum Gasteiger partial charge on any atom is 0.326 e. The zero-order valence-corrected chi connectivity index (χ0v) is 11.6. The molecule has 0 aliphatic carbocycles. The number of aliphatic carboxylic acids is 1. The van der Waals surface area contributed by atoms with Crippen molar-refractivity contribution in [3.8, 4) is 0 Å². The number of amides is 1. The molecule has 20 heavy (non-hydrogen) atoms. The van der Waals surface area contributed by atoms with Gasteiger partial charge in [0, 0.05) is 6.54 Å². The number of rotatable bonds is 5. The van der Waals surface area contributed by atoms with Crippen LogP contribution in [-0.2, 0) is 22.6 Å². The number of carbonyl (C=O) groups is 2. The van der Waals surface area contributed by atoms with Crippen LogP contribution in [-0.4, -0.2) is 29.1 Å². The molecular formula is C15H20N2O3. The number of fused-ring (bicyclic) bond motifs is 1. The van der Waals surface area contributed by atoms with Gasteiger partial charge in [-0.25, -0.2) is 4.79 Å². The Morgan fingerprint density at radius 3 is 2.75 bits per heavy atom. The number of carboxylic acids is 1. The second-order valence-corrected chi connectivity index (χ2v) is 5.09. The summed E-state index contributed by atoms with van der Waals surface area (Å²) in [5.74, 6) is -1.21. The van der Waals surface area contributed by atoms with E-state index in [1.165, 1.54) is 5.56 Å². The molecule has 0 aromatic heterocycles. The molecule has 2 rings (SSSR count). The van der Waals surface area contributed by atoms with Crippen molar-refractivity contribution in [1.29, 1.82) is 0 Å². The monoisotopic (exact) mass is 276 g/mol. The number of carboxylic acid groups (broad SMARTS) is 1. The molecule has 0 bridgehead atoms. The predicted octanol–water partition coefficient (Wildman–Crippen LogP) is 1.07. The first-order chi connectivity index (χ1) is 9.61. The van der Waals surface area contributed by atoms with Gasteiger partial charge in [-0.3, -0.25) is 4.79 Å². The molecule has 1 aliphatic rings. The lowest BCUT2D eigenvalue weighted by molar-refractivity contribution is -0.142. The predicted molar refractivity (Wildman–Crippen MR) is 75.2 cm³/mol. The van der Waals surface area contributed by atoms with E-state index in [1.54, 1.807) is 0 Å². The molecule has 5 nitrogen and oxygen atoms in total. The van der Waals surface area contributed by atoms with Crippen molar-refractivity contribution in [2.24, 2.45) is 0 Å². The van der Waals surface area contributed by atoms with E-state index in [4.69, 9.17) is 5.11 Å². The van der Waals surface area contributed by atoms with Gasteiger partial charge in [0.15, 0.2) is 0 Å². The van der Waals surface area contributed by atoms with Gasteiger partial charge in [0.05, 0.1) is 6.04 Å². The smallest absolute Gasteiger partial charge is 0.326 e. The molecular weight excluding hydrogens is 256 g/mol. The van der Waals surface area contributed by atoms with E-state index in [0.717, 1.165) is 12.0 Å². The first-order valence-electron chi connectivity index (χ1n) is 6.95. The number of nitrogens with one attached hydrogen (secondary N) is 2. The van der Waals surface area contributed by atoms with Gasteiger partial charge in [-0.05, 0) is 24.0 Å². The molecule has 1 aromatic rings. The summed E-state index contributed by atoms with van der Waals surface area (Å²) in [6.45, 7) is 2.54. The Morgan fingerprint density at radius 2 is 2.10 bits per heavy atom. The van der Waals surface area contributed by atoms with Gasteiger partial charge >= 0.3 is 5.97 Å². The molecule has 1 heterocycles. The number of carbonyl (C=O) groups excluding carboxylic acids is 1. The van der Waals surface area contributed by atoms with Crippen LogP contribution in [0.5, 0.6) is 0 Å². The second-order valence-electron chi connectivity index (χ2n) is 5.09. The summed E-state index contributed by atoms with van der Waals surface area (Å²) >= 11 is 0. The summed E-state index contributed by atoms with van der Waals surface area (Å²) in [4.78, 5) is 23.2. The SMILES string of the molecule is CCC[C@H](NC(=O)[C@@H]1Cc2ccccc2CN1)C(=O)O. The lowest BCUT2D eigenvalue weighted by Gasteiger charge is -2.26. The Morgan fingerprint density at radius 1 is 1.40 bits per heavy atom. The third-order valence-electron chi connectivity index (χ3n) is 3.59. The number of hydrogen-bond acceptors (Lipinski definition) is 3. The summed E-state index contributed by atoms with van der Waals surface area (Å²) < 4.78 is 0. The van der Waals surface area contributed by atoms with E-state index < -0.39 is 12.0 Å². The minimum atomic E-state index is -0.976. The molecule has 0 unspecified atom stereocenters. The second kappa shape index (κ2) is 6.52. The van der Waals surface area contributed by atoms with Crippen LogP contribution in [0.25, 0.3) is 0 Å². The molecule has 108 valence electrons. The Bertz CT molecular complexity index is 502. The van der Waals surface area contributed by atoms with Crippen molar-refractivity contribution < 1.29 is 14.7 Å². The first kappa shape index (κ1) is 14.5. The van der Waals surface area contributed by atoms with Crippen LogP contribution < -0.4 is 10.6 Å². The normalized spacial score (nSPS) is 18.9. The zero-order chi connectivity index (χ0) is 14.5. The molecule has 0 radical (unpaired) electrons. The van der Waals surface area contributed by atoms with E-state index in [0.29, 0.717) is 19.4 Å². The van der Waals surface area contributed by atoms with E-state index in [1.807, 2.05) is 31.2 Å². The molecule has 3 N–H and O–H groups in total. The molecule has 1 aliphatic heterocycles. The fourth-order valence-corrected chi connectivity index (χ4v) is 2.46. The van der Waals surface area contributed by atoms with Crippen LogP contribution in [0.15, 0.2) is 24.3 Å². The molecule has 0 saturated heterocycles. The van der Waals surface area contributed by atoms with Crippen LogP contribution in [0.1, 0.15) is 30.9 Å². The number of hydrogen-bond donors (Lipinski definition) is 3. The van der Waals surface area contributed by atoms with E-state index in [-0.39, 0.29) is 11.9 Å². The Labute approximate surface area is 118 Å². The summed E-state index contributed by atoms with van der Waals surface area (Å²) in [5.41, 5.74) is 2.34. The summed E-state index contributed by atoms with van der Waals surface area (Å²) in [5, 5.41) is 14.8. The minimum absolute atomic E-state index is 0.236. The van der Waals surface area contributed by atoms with Crippen molar-refractivity contribution in [1.82, 2.24) is 10.6 Å². The van der Waals surface area contributed by atoms with Crippen LogP contribution in [0.3, 0.4) is 0 Å². The van der Waals surface area contributed by atoms with Crippen LogP contribution in [0.4, 0.5) is 0 Å². The highest BCUT2D eigenvalue weighted by Crippen LogP contribution is 2.16. The zero-order valence-electron chi connectivity index (χ0n) is 11.6. The van der Waals surface area contributed by atoms with Gasteiger partial charge in [-0.2, -0.15) is 0 Å². The lowest BCUT2D eigenvalue weighted by atomic mass is 9.95. The van der Waals surface area contributed by atoms with Crippen molar-refractivity contribution in [2.75, 3.05) is 0 Å². The highest BCUT2D eigenvalue weighted by molar-refractivity contribution is 5.87. The Kier molecular flexibility index (Phi) is 4.74. The summed E-state index contributed by atoms with van der Waals surface area (Å²) in [6.07, 6.45) is 1.77. The average Bonchev–Trinajstić information content (AvgIpc) is 2.46. The molecule has 1 amide bonds. The third-order valence-corrected chi connectivity index (χ3v) is 3.59. The van der Waals surface area contributed by atoms with Gasteiger partial charge in [0.2, 0.25) is 5.91 Å². The maximum absolute atomic E-state index is 12.2. The third kappa shape index (κ3) is 3.36. The Hall–Kier alpha value is -1.88. The molecule has 0 saturated carbocycles. The van der Waals surface area contributed by atoms with E-state index in [9.17, 15) is 9.59 Å². The van der Waals surface area contributed by atoms with E-state index >= 15 is 0 Å². The lowest BCUT2D eigenvalue weighted by Crippen LogP contribution is -2.52. The standard InChI is InChI=1S/C15H20N2O3/c1-2-5-12(15(19)20)17-14(18)13-8-10-6-3-4-7-11(10)9-16-13/h3-4,6-7,12-13,16H,2,5,8-9H2,1H3,(H,17,18)(H,19,20)/t12-,13-/m0/s1. The summed E-state index contributed by atoms with van der Waals surface area (Å²) in [6, 6.07) is 6.82. The highest BCUT2D eigenvalue weighted by atomic mass is 16.4. The fourth-order valence-electron chi connectivity index (χ4n) is 2.46. The van der Waals surface area contributed by atoms with Crippen molar-refractivity contribution in [3.05, 3.63) is 35.4 Å². The van der Waals surface area contributed by atoms with Gasteiger partial charge in [0.1, 0.15) is 6.04 Å². The topological polar surface area (TPSA) is 78.4 Å². The molecule has 0 fully saturated rings. The van der Waals surface area contributed by atoms with Gasteiger partial charge < -0.3 is 15.7 Å². The average molecular weight is 276 g/mol. The van der Waals surface area contributed by atoms with Crippen molar-refractivity contribution in [3.63, 3.8) is 0 Å². The van der Waals surface area contributed by atoms with Gasteiger partial charge in [-0.1, -0.05) is 37.6 Å². The molecule has 1 aromatic carbocycles. The van der Waals surface area contributed by atoms with Crippen LogP contribution >= 0.6 is 0 Å². The molecule has 5 heteroatoms. The minimum Gasteiger partial charge on any atom is -0.480 e. The Balaban J connectivity index is 1.99. The van der Waals surface area contributed by atoms with Gasteiger partial charge in [-0.15, -0.1) is 0 Å². The fraction of sp³-hybridized carbons (Fsp3) is 0.467. The van der Waals surface area contributed by atoms with Crippen molar-refractivity contribution >= 4 is 11.9 Å². The van der Waals surface area contributed by atoms with E-state index in [2.05, 4.69) is 10.6 Å². The van der Waals surface area contributed by atoms with Crippen LogP contribution in [0, 0.1) is 0 Å². The largest absolute Gasteiger partial charge is 0.480 e. The first-order valence-corrected chi connectivity index (χ1v) is 6.95. The summed E-state index contributed by atoms with van der Waals surface area (Å²) in [7, 11) is 0. The highest BCUT2D eigenvalue weighted by Gasteiger charge is 2.27. The maximum atomic E-state index is 12.2. The quantitative estimate of drug-likeness (QED) is 0.751. The molecule has 0 spiro atoms. The molecule has 2 atom stereocenters. The van der Waals surface area contributed by atoms with Crippen molar-refractivity contribution in [2.45, 2.75) is 44.8 Å². The number of benzene rings is 1. The van der Waals surface area contributed by atoms with Crippen LogP contribution in [0.2, 0.25) is 0 Å².